The van der Waals surface area contributed by atoms with E-state index in [1.807, 2.05) is 6.92 Å². The second kappa shape index (κ2) is 8.69. The molecular weight excluding hydrogens is 188 g/mol. The Morgan fingerprint density at radius 1 is 1.27 bits per heavy atom. The van der Waals surface area contributed by atoms with Crippen LogP contribution in [0.15, 0.2) is 24.3 Å². The Hall–Kier alpha value is -0.600. The molecular formula is C13H22O2. The summed E-state index contributed by atoms with van der Waals surface area (Å²) >= 11 is 0. The summed E-state index contributed by atoms with van der Waals surface area (Å²) in [5, 5.41) is 0. The van der Waals surface area contributed by atoms with Gasteiger partial charge in [-0.05, 0) is 39.0 Å². The highest BCUT2D eigenvalue weighted by Gasteiger charge is 2.12. The van der Waals surface area contributed by atoms with E-state index in [4.69, 9.17) is 9.47 Å². The molecule has 15 heavy (non-hydrogen) atoms. The molecule has 0 aliphatic carbocycles. The van der Waals surface area contributed by atoms with Gasteiger partial charge in [-0.2, -0.15) is 0 Å². The molecule has 1 rings (SSSR count). The van der Waals surface area contributed by atoms with Crippen molar-refractivity contribution in [2.75, 3.05) is 13.2 Å². The van der Waals surface area contributed by atoms with E-state index in [0.717, 1.165) is 32.5 Å². The largest absolute Gasteiger partial charge is 0.353 e. The lowest BCUT2D eigenvalue weighted by molar-refractivity contribution is -0.161. The topological polar surface area (TPSA) is 18.5 Å². The molecule has 0 bridgehead atoms. The predicted molar refractivity (Wildman–Crippen MR) is 62.7 cm³/mol. The van der Waals surface area contributed by atoms with Crippen LogP contribution in [0.5, 0.6) is 0 Å². The van der Waals surface area contributed by atoms with Crippen LogP contribution in [0.4, 0.5) is 0 Å². The molecule has 2 heteroatoms. The Kier molecular flexibility index (Phi) is 7.22. The molecule has 1 saturated heterocycles. The van der Waals surface area contributed by atoms with Gasteiger partial charge in [0.25, 0.3) is 0 Å². The molecule has 0 aromatic heterocycles. The third-order valence-electron chi connectivity index (χ3n) is 2.40. The second-order valence-electron chi connectivity index (χ2n) is 3.73. The van der Waals surface area contributed by atoms with Gasteiger partial charge < -0.3 is 9.47 Å². The van der Waals surface area contributed by atoms with Crippen molar-refractivity contribution < 1.29 is 9.47 Å². The standard InChI is InChI=1S/C13H22O2/c1-2-3-4-5-6-8-11-14-13-10-7-9-12-15-13/h2-3,5-6,13H,4,7-12H2,1H3. The van der Waals surface area contributed by atoms with Gasteiger partial charge in [0, 0.05) is 6.61 Å². The average Bonchev–Trinajstić information content (AvgIpc) is 2.29. The number of hydrogen-bond acceptors (Lipinski definition) is 2. The first-order valence-electron chi connectivity index (χ1n) is 5.93. The van der Waals surface area contributed by atoms with E-state index < -0.39 is 0 Å². The molecule has 1 aliphatic rings. The van der Waals surface area contributed by atoms with Gasteiger partial charge in [0.2, 0.25) is 0 Å². The first-order chi connectivity index (χ1) is 7.43. The summed E-state index contributed by atoms with van der Waals surface area (Å²) in [6.07, 6.45) is 14.1. The lowest BCUT2D eigenvalue weighted by Gasteiger charge is -2.22. The smallest absolute Gasteiger partial charge is 0.157 e. The number of allylic oxidation sites excluding steroid dienone is 3. The third kappa shape index (κ3) is 6.47. The maximum atomic E-state index is 5.60. The van der Waals surface area contributed by atoms with Crippen molar-refractivity contribution in [3.8, 4) is 0 Å². The molecule has 1 unspecified atom stereocenters. The van der Waals surface area contributed by atoms with Crippen molar-refractivity contribution >= 4 is 0 Å². The highest BCUT2D eigenvalue weighted by Crippen LogP contribution is 2.13. The lowest BCUT2D eigenvalue weighted by Crippen LogP contribution is -2.22. The molecule has 0 aromatic rings. The van der Waals surface area contributed by atoms with E-state index in [9.17, 15) is 0 Å². The van der Waals surface area contributed by atoms with Crippen LogP contribution in [-0.4, -0.2) is 19.5 Å². The number of rotatable bonds is 6. The number of ether oxygens (including phenoxy) is 2. The molecule has 0 radical (unpaired) electrons. The first kappa shape index (κ1) is 12.5. The molecule has 1 atom stereocenters. The molecule has 86 valence electrons. The summed E-state index contributed by atoms with van der Waals surface area (Å²) < 4.78 is 11.1. The Morgan fingerprint density at radius 3 is 2.93 bits per heavy atom. The van der Waals surface area contributed by atoms with Crippen LogP contribution >= 0.6 is 0 Å². The quantitative estimate of drug-likeness (QED) is 0.494. The third-order valence-corrected chi connectivity index (χ3v) is 2.40. The molecule has 0 N–H and O–H groups in total. The molecule has 0 spiro atoms. The molecule has 1 heterocycles. The van der Waals surface area contributed by atoms with E-state index >= 15 is 0 Å². The molecule has 0 saturated carbocycles. The molecule has 0 aromatic carbocycles. The van der Waals surface area contributed by atoms with Gasteiger partial charge in [0.15, 0.2) is 6.29 Å². The van der Waals surface area contributed by atoms with Crippen molar-refractivity contribution in [1.29, 1.82) is 0 Å². The minimum absolute atomic E-state index is 0.0580. The van der Waals surface area contributed by atoms with Crippen molar-refractivity contribution in [3.63, 3.8) is 0 Å². The zero-order chi connectivity index (χ0) is 10.8. The zero-order valence-electron chi connectivity index (χ0n) is 9.65. The fourth-order valence-corrected chi connectivity index (χ4v) is 1.54. The van der Waals surface area contributed by atoms with Crippen molar-refractivity contribution in [1.82, 2.24) is 0 Å². The summed E-state index contributed by atoms with van der Waals surface area (Å²) in [6.45, 7) is 3.68. The minimum atomic E-state index is 0.0580. The normalized spacial score (nSPS) is 22.9. The highest BCUT2D eigenvalue weighted by molar-refractivity contribution is 4.91. The maximum absolute atomic E-state index is 5.60. The Bertz CT molecular complexity index is 191. The van der Waals surface area contributed by atoms with E-state index in [1.165, 1.54) is 12.8 Å². The SMILES string of the molecule is CC=CCC=CCCOC1CCCCO1. The van der Waals surface area contributed by atoms with Gasteiger partial charge in [-0.25, -0.2) is 0 Å². The summed E-state index contributed by atoms with van der Waals surface area (Å²) in [6, 6.07) is 0. The maximum Gasteiger partial charge on any atom is 0.157 e. The van der Waals surface area contributed by atoms with Crippen LogP contribution in [0.3, 0.4) is 0 Å². The fraction of sp³-hybridized carbons (Fsp3) is 0.692. The van der Waals surface area contributed by atoms with Gasteiger partial charge >= 0.3 is 0 Å². The van der Waals surface area contributed by atoms with Gasteiger partial charge in [-0.3, -0.25) is 0 Å². The predicted octanol–water partition coefficient (Wildman–Crippen LogP) is 3.44. The summed E-state index contributed by atoms with van der Waals surface area (Å²) in [5.74, 6) is 0. The number of hydrogen-bond donors (Lipinski definition) is 0. The molecule has 2 nitrogen and oxygen atoms in total. The zero-order valence-corrected chi connectivity index (χ0v) is 9.65. The van der Waals surface area contributed by atoms with Crippen molar-refractivity contribution in [3.05, 3.63) is 24.3 Å². The van der Waals surface area contributed by atoms with Crippen LogP contribution in [0, 0.1) is 0 Å². The molecule has 1 aliphatic heterocycles. The fourth-order valence-electron chi connectivity index (χ4n) is 1.54. The Balaban J connectivity index is 1.93. The van der Waals surface area contributed by atoms with Crippen molar-refractivity contribution in [2.45, 2.75) is 45.3 Å². The second-order valence-corrected chi connectivity index (χ2v) is 3.73. The van der Waals surface area contributed by atoms with Crippen LogP contribution in [0.2, 0.25) is 0 Å². The molecule has 1 fully saturated rings. The minimum Gasteiger partial charge on any atom is -0.353 e. The lowest BCUT2D eigenvalue weighted by atomic mass is 10.2. The van der Waals surface area contributed by atoms with E-state index in [1.54, 1.807) is 0 Å². The first-order valence-corrected chi connectivity index (χ1v) is 5.93. The van der Waals surface area contributed by atoms with Crippen LogP contribution in [-0.2, 0) is 9.47 Å². The summed E-state index contributed by atoms with van der Waals surface area (Å²) in [7, 11) is 0. The van der Waals surface area contributed by atoms with Gasteiger partial charge in [0.1, 0.15) is 0 Å². The summed E-state index contributed by atoms with van der Waals surface area (Å²) in [5.41, 5.74) is 0. The van der Waals surface area contributed by atoms with Gasteiger partial charge in [-0.1, -0.05) is 24.3 Å². The highest BCUT2D eigenvalue weighted by atomic mass is 16.7. The Morgan fingerprint density at radius 2 is 2.20 bits per heavy atom. The Labute approximate surface area is 93.0 Å². The van der Waals surface area contributed by atoms with E-state index in [2.05, 4.69) is 24.3 Å². The van der Waals surface area contributed by atoms with Crippen LogP contribution in [0.1, 0.15) is 39.0 Å². The van der Waals surface area contributed by atoms with Crippen LogP contribution in [0.25, 0.3) is 0 Å². The van der Waals surface area contributed by atoms with E-state index in [0.29, 0.717) is 0 Å². The average molecular weight is 210 g/mol. The van der Waals surface area contributed by atoms with Crippen molar-refractivity contribution in [2.24, 2.45) is 0 Å². The van der Waals surface area contributed by atoms with Gasteiger partial charge in [-0.15, -0.1) is 0 Å². The molecule has 0 amide bonds. The monoisotopic (exact) mass is 210 g/mol. The van der Waals surface area contributed by atoms with Gasteiger partial charge in [0.05, 0.1) is 6.61 Å². The van der Waals surface area contributed by atoms with E-state index in [-0.39, 0.29) is 6.29 Å². The van der Waals surface area contributed by atoms with Crippen LogP contribution < -0.4 is 0 Å². The summed E-state index contributed by atoms with van der Waals surface area (Å²) in [4.78, 5) is 0.